The van der Waals surface area contributed by atoms with Crippen molar-refractivity contribution < 1.29 is 9.47 Å². The fraction of sp³-hybridized carbons (Fsp3) is 0.333. The standard InChI is InChI=1S/C15H16ClNO2S/c1-10(2)8-19-14(20)9-18-13-6-5-12(16)11-4-3-7-17-15(11)13/h3-7,10H,8-9H2,1-2H3. The molecule has 0 spiro atoms. The van der Waals surface area contributed by atoms with E-state index in [0.717, 1.165) is 10.9 Å². The highest BCUT2D eigenvalue weighted by atomic mass is 35.5. The number of nitrogens with zero attached hydrogens (tertiary/aromatic N) is 1. The number of hydrogen-bond acceptors (Lipinski definition) is 4. The van der Waals surface area contributed by atoms with Gasteiger partial charge in [-0.1, -0.05) is 25.4 Å². The van der Waals surface area contributed by atoms with Gasteiger partial charge in [0.2, 0.25) is 0 Å². The Balaban J connectivity index is 2.07. The number of rotatable bonds is 5. The Morgan fingerprint density at radius 3 is 2.90 bits per heavy atom. The van der Waals surface area contributed by atoms with E-state index < -0.39 is 0 Å². The van der Waals surface area contributed by atoms with E-state index in [-0.39, 0.29) is 6.61 Å². The molecule has 1 heterocycles. The maximum absolute atomic E-state index is 6.13. The zero-order chi connectivity index (χ0) is 14.5. The first-order chi connectivity index (χ1) is 9.58. The summed E-state index contributed by atoms with van der Waals surface area (Å²) < 4.78 is 11.1. The lowest BCUT2D eigenvalue weighted by Crippen LogP contribution is -2.15. The van der Waals surface area contributed by atoms with E-state index in [4.69, 9.17) is 33.3 Å². The maximum atomic E-state index is 6.13. The minimum absolute atomic E-state index is 0.232. The van der Waals surface area contributed by atoms with Crippen molar-refractivity contribution >= 4 is 39.8 Å². The fourth-order valence-corrected chi connectivity index (χ4v) is 2.01. The zero-order valence-electron chi connectivity index (χ0n) is 11.4. The molecule has 0 fully saturated rings. The van der Waals surface area contributed by atoms with Gasteiger partial charge in [0.1, 0.15) is 11.3 Å². The molecule has 0 bridgehead atoms. The summed E-state index contributed by atoms with van der Waals surface area (Å²) >= 11 is 11.3. The average Bonchev–Trinajstić information content (AvgIpc) is 2.45. The van der Waals surface area contributed by atoms with Gasteiger partial charge < -0.3 is 9.47 Å². The van der Waals surface area contributed by atoms with Gasteiger partial charge in [-0.3, -0.25) is 4.98 Å². The molecule has 20 heavy (non-hydrogen) atoms. The van der Waals surface area contributed by atoms with Crippen LogP contribution in [0.4, 0.5) is 0 Å². The third kappa shape index (κ3) is 3.81. The van der Waals surface area contributed by atoms with Crippen LogP contribution in [0.5, 0.6) is 5.75 Å². The van der Waals surface area contributed by atoms with Gasteiger partial charge in [-0.15, -0.1) is 0 Å². The van der Waals surface area contributed by atoms with Crippen molar-refractivity contribution in [2.75, 3.05) is 13.2 Å². The van der Waals surface area contributed by atoms with Crippen molar-refractivity contribution in [3.05, 3.63) is 35.5 Å². The predicted molar refractivity (Wildman–Crippen MR) is 85.6 cm³/mol. The Morgan fingerprint density at radius 2 is 2.15 bits per heavy atom. The summed E-state index contributed by atoms with van der Waals surface area (Å²) in [7, 11) is 0. The first-order valence-electron chi connectivity index (χ1n) is 6.39. The highest BCUT2D eigenvalue weighted by Crippen LogP contribution is 2.29. The lowest BCUT2D eigenvalue weighted by molar-refractivity contribution is 0.239. The second-order valence-electron chi connectivity index (χ2n) is 4.81. The molecule has 0 atom stereocenters. The molecule has 0 saturated heterocycles. The average molecular weight is 310 g/mol. The largest absolute Gasteiger partial charge is 0.484 e. The van der Waals surface area contributed by atoms with E-state index in [1.54, 1.807) is 18.3 Å². The smallest absolute Gasteiger partial charge is 0.197 e. The van der Waals surface area contributed by atoms with Crippen LogP contribution in [-0.2, 0) is 4.74 Å². The lowest BCUT2D eigenvalue weighted by atomic mass is 10.2. The molecule has 3 nitrogen and oxygen atoms in total. The van der Waals surface area contributed by atoms with Crippen LogP contribution in [0.1, 0.15) is 13.8 Å². The van der Waals surface area contributed by atoms with Crippen LogP contribution in [0.15, 0.2) is 30.5 Å². The molecular formula is C15H16ClNO2S. The number of thiocarbonyl (C=S) groups is 1. The summed E-state index contributed by atoms with van der Waals surface area (Å²) in [6, 6.07) is 7.33. The van der Waals surface area contributed by atoms with E-state index in [0.29, 0.717) is 28.3 Å². The topological polar surface area (TPSA) is 31.4 Å². The number of halogens is 1. The molecule has 2 rings (SSSR count). The van der Waals surface area contributed by atoms with Crippen LogP contribution >= 0.6 is 23.8 Å². The Morgan fingerprint density at radius 1 is 1.35 bits per heavy atom. The minimum atomic E-state index is 0.232. The number of hydrogen-bond donors (Lipinski definition) is 0. The molecule has 0 N–H and O–H groups in total. The van der Waals surface area contributed by atoms with E-state index in [1.165, 1.54) is 0 Å². The molecule has 0 aliphatic carbocycles. The number of fused-ring (bicyclic) bond motifs is 1. The molecule has 2 aromatic rings. The van der Waals surface area contributed by atoms with Gasteiger partial charge in [-0.25, -0.2) is 0 Å². The summed E-state index contributed by atoms with van der Waals surface area (Å²) in [6.07, 6.45) is 1.71. The summed E-state index contributed by atoms with van der Waals surface area (Å²) in [6.45, 7) is 4.97. The van der Waals surface area contributed by atoms with Crippen molar-refractivity contribution in [2.45, 2.75) is 13.8 Å². The maximum Gasteiger partial charge on any atom is 0.197 e. The molecule has 1 aromatic carbocycles. The highest BCUT2D eigenvalue weighted by molar-refractivity contribution is 7.80. The summed E-state index contributed by atoms with van der Waals surface area (Å²) in [4.78, 5) is 4.30. The van der Waals surface area contributed by atoms with Crippen LogP contribution in [0.2, 0.25) is 5.02 Å². The van der Waals surface area contributed by atoms with Gasteiger partial charge in [-0.2, -0.15) is 0 Å². The summed E-state index contributed by atoms with van der Waals surface area (Å²) in [5.41, 5.74) is 0.728. The fourth-order valence-electron chi connectivity index (χ4n) is 1.67. The summed E-state index contributed by atoms with van der Waals surface area (Å²) in [5, 5.41) is 1.96. The Kier molecular flexibility index (Phi) is 5.15. The molecule has 5 heteroatoms. The molecule has 0 radical (unpaired) electrons. The van der Waals surface area contributed by atoms with Crippen molar-refractivity contribution in [3.63, 3.8) is 0 Å². The zero-order valence-corrected chi connectivity index (χ0v) is 13.0. The van der Waals surface area contributed by atoms with E-state index in [1.807, 2.05) is 12.1 Å². The first-order valence-corrected chi connectivity index (χ1v) is 7.18. The van der Waals surface area contributed by atoms with Gasteiger partial charge >= 0.3 is 0 Å². The number of aromatic nitrogens is 1. The van der Waals surface area contributed by atoms with Crippen molar-refractivity contribution in [1.82, 2.24) is 4.98 Å². The predicted octanol–water partition coefficient (Wildman–Crippen LogP) is 4.27. The molecule has 0 amide bonds. The number of pyridine rings is 1. The van der Waals surface area contributed by atoms with Crippen LogP contribution in [0, 0.1) is 5.92 Å². The first kappa shape index (κ1) is 15.0. The monoisotopic (exact) mass is 309 g/mol. The normalized spacial score (nSPS) is 10.8. The quantitative estimate of drug-likeness (QED) is 0.772. The Bertz CT molecular complexity index is 616. The molecule has 0 saturated carbocycles. The highest BCUT2D eigenvalue weighted by Gasteiger charge is 2.08. The van der Waals surface area contributed by atoms with Crippen LogP contribution < -0.4 is 4.74 Å². The molecule has 0 unspecified atom stereocenters. The van der Waals surface area contributed by atoms with Crippen LogP contribution in [0.25, 0.3) is 10.9 Å². The van der Waals surface area contributed by atoms with Crippen LogP contribution in [-0.4, -0.2) is 23.2 Å². The van der Waals surface area contributed by atoms with Crippen molar-refractivity contribution in [3.8, 4) is 5.75 Å². The van der Waals surface area contributed by atoms with Crippen molar-refractivity contribution in [1.29, 1.82) is 0 Å². The second kappa shape index (κ2) is 6.86. The van der Waals surface area contributed by atoms with Gasteiger partial charge in [0.25, 0.3) is 0 Å². The van der Waals surface area contributed by atoms with E-state index in [2.05, 4.69) is 18.8 Å². The Hall–Kier alpha value is -1.39. The lowest BCUT2D eigenvalue weighted by Gasteiger charge is -2.12. The van der Waals surface area contributed by atoms with Gasteiger partial charge in [-0.05, 0) is 42.4 Å². The van der Waals surface area contributed by atoms with Crippen LogP contribution in [0.3, 0.4) is 0 Å². The SMILES string of the molecule is CC(C)COC(=S)COc1ccc(Cl)c2cccnc12. The number of ether oxygens (including phenoxy) is 2. The third-order valence-corrected chi connectivity index (χ3v) is 3.17. The number of benzene rings is 1. The van der Waals surface area contributed by atoms with Gasteiger partial charge in [0.05, 0.1) is 11.6 Å². The molecule has 0 aliphatic rings. The molecule has 106 valence electrons. The third-order valence-electron chi connectivity index (χ3n) is 2.60. The molecule has 0 aliphatic heterocycles. The second-order valence-corrected chi connectivity index (χ2v) is 5.67. The minimum Gasteiger partial charge on any atom is -0.484 e. The molecular weight excluding hydrogens is 294 g/mol. The summed E-state index contributed by atoms with van der Waals surface area (Å²) in [5.74, 6) is 1.09. The molecule has 1 aromatic heterocycles. The van der Waals surface area contributed by atoms with E-state index >= 15 is 0 Å². The Labute approximate surface area is 128 Å². The van der Waals surface area contributed by atoms with Gasteiger partial charge in [0, 0.05) is 11.6 Å². The van der Waals surface area contributed by atoms with Crippen molar-refractivity contribution in [2.24, 2.45) is 5.92 Å². The van der Waals surface area contributed by atoms with Gasteiger partial charge in [0.15, 0.2) is 11.7 Å². The van der Waals surface area contributed by atoms with E-state index in [9.17, 15) is 0 Å².